The molecule has 0 radical (unpaired) electrons. The van der Waals surface area contributed by atoms with E-state index in [2.05, 4.69) is 9.71 Å². The highest BCUT2D eigenvalue weighted by Gasteiger charge is 2.30. The maximum absolute atomic E-state index is 12.8. The maximum atomic E-state index is 12.8. The van der Waals surface area contributed by atoms with E-state index >= 15 is 0 Å². The van der Waals surface area contributed by atoms with Gasteiger partial charge in [-0.05, 0) is 25.7 Å². The van der Waals surface area contributed by atoms with Gasteiger partial charge in [-0.15, -0.1) is 11.3 Å². The number of nitrogens with zero attached hydrogens (tertiary/aromatic N) is 2. The lowest BCUT2D eigenvalue weighted by molar-refractivity contribution is 0.545. The fraction of sp³-hybridized carbons (Fsp3) is 0.643. The Hall–Kier alpha value is -0.920. The minimum atomic E-state index is -3.53. The predicted molar refractivity (Wildman–Crippen MR) is 84.5 cm³/mol. The van der Waals surface area contributed by atoms with E-state index in [-0.39, 0.29) is 12.0 Å². The number of rotatable bonds is 4. The largest absolute Gasteiger partial charge is 0.279 e. The minimum Gasteiger partial charge on any atom is -0.279 e. The summed E-state index contributed by atoms with van der Waals surface area (Å²) in [5.41, 5.74) is 0.659. The van der Waals surface area contributed by atoms with Crippen LogP contribution in [-0.2, 0) is 10.0 Å². The molecule has 116 valence electrons. The molecule has 0 spiro atoms. The smallest absolute Gasteiger partial charge is 0.258 e. The van der Waals surface area contributed by atoms with Crippen molar-refractivity contribution in [1.29, 1.82) is 0 Å². The zero-order chi connectivity index (χ0) is 15.2. The molecule has 2 heterocycles. The molecule has 7 heteroatoms. The van der Waals surface area contributed by atoms with Crippen molar-refractivity contribution in [2.45, 2.75) is 63.4 Å². The molecule has 0 saturated heterocycles. The normalized spacial score (nSPS) is 17.3. The third-order valence-corrected chi connectivity index (χ3v) is 6.36. The Morgan fingerprint density at radius 3 is 2.67 bits per heavy atom. The van der Waals surface area contributed by atoms with E-state index in [0.717, 1.165) is 35.5 Å². The van der Waals surface area contributed by atoms with Crippen molar-refractivity contribution in [3.63, 3.8) is 0 Å². The van der Waals surface area contributed by atoms with Gasteiger partial charge in [-0.3, -0.25) is 4.40 Å². The van der Waals surface area contributed by atoms with Crippen LogP contribution in [0.1, 0.15) is 56.0 Å². The van der Waals surface area contributed by atoms with E-state index in [1.807, 2.05) is 27.0 Å². The number of aryl methyl sites for hydroxylation is 1. The van der Waals surface area contributed by atoms with Crippen LogP contribution in [0.5, 0.6) is 0 Å². The Morgan fingerprint density at radius 2 is 2.05 bits per heavy atom. The summed E-state index contributed by atoms with van der Waals surface area (Å²) in [7, 11) is -3.53. The first-order valence-corrected chi connectivity index (χ1v) is 9.69. The number of imidazole rings is 1. The van der Waals surface area contributed by atoms with Gasteiger partial charge < -0.3 is 0 Å². The van der Waals surface area contributed by atoms with E-state index in [1.165, 1.54) is 11.3 Å². The van der Waals surface area contributed by atoms with Crippen molar-refractivity contribution in [2.75, 3.05) is 0 Å². The highest BCUT2D eigenvalue weighted by Crippen LogP contribution is 2.29. The third-order valence-electron chi connectivity index (χ3n) is 3.90. The molecule has 1 aliphatic rings. The maximum Gasteiger partial charge on any atom is 0.258 e. The van der Waals surface area contributed by atoms with Gasteiger partial charge in [0.2, 0.25) is 0 Å². The van der Waals surface area contributed by atoms with Crippen LogP contribution < -0.4 is 4.72 Å². The van der Waals surface area contributed by atoms with Crippen LogP contribution in [0, 0.1) is 6.92 Å². The summed E-state index contributed by atoms with van der Waals surface area (Å²) < 4.78 is 30.3. The Kier molecular flexibility index (Phi) is 3.83. The first kappa shape index (κ1) is 15.0. The van der Waals surface area contributed by atoms with E-state index in [1.54, 1.807) is 4.40 Å². The van der Waals surface area contributed by atoms with Gasteiger partial charge in [-0.2, -0.15) is 0 Å². The third kappa shape index (κ3) is 2.74. The molecule has 1 fully saturated rings. The molecule has 1 aliphatic carbocycles. The standard InChI is InChI=1S/C14H21N3O2S2/c1-9(2)12-13(17-8-10(3)20-14(17)15-12)21(18,19)16-11-6-4-5-7-11/h8-9,11,16H,4-7H2,1-3H3. The summed E-state index contributed by atoms with van der Waals surface area (Å²) in [6.07, 6.45) is 5.93. The highest BCUT2D eigenvalue weighted by atomic mass is 32.2. The second-order valence-corrected chi connectivity index (χ2v) is 8.90. The summed E-state index contributed by atoms with van der Waals surface area (Å²) >= 11 is 1.52. The SMILES string of the molecule is Cc1cn2c(S(=O)(=O)NC3CCCC3)c(C(C)C)nc2s1. The van der Waals surface area contributed by atoms with Gasteiger partial charge in [-0.25, -0.2) is 18.1 Å². The van der Waals surface area contributed by atoms with E-state index in [9.17, 15) is 8.42 Å². The van der Waals surface area contributed by atoms with Crippen molar-refractivity contribution < 1.29 is 8.42 Å². The molecule has 0 aliphatic heterocycles. The number of aromatic nitrogens is 2. The van der Waals surface area contributed by atoms with Crippen molar-refractivity contribution in [2.24, 2.45) is 0 Å². The van der Waals surface area contributed by atoms with Gasteiger partial charge >= 0.3 is 0 Å². The zero-order valence-corrected chi connectivity index (χ0v) is 14.2. The second-order valence-electron chi connectivity index (χ2n) is 6.05. The number of thiazole rings is 1. The van der Waals surface area contributed by atoms with Crippen LogP contribution in [-0.4, -0.2) is 23.8 Å². The molecule has 0 amide bonds. The molecular weight excluding hydrogens is 306 g/mol. The molecule has 3 rings (SSSR count). The molecule has 0 unspecified atom stereocenters. The first-order chi connectivity index (χ1) is 9.88. The number of nitrogens with one attached hydrogen (secondary N) is 1. The second kappa shape index (κ2) is 5.37. The van der Waals surface area contributed by atoms with Crippen LogP contribution in [0.15, 0.2) is 11.2 Å². The molecule has 1 N–H and O–H groups in total. The Morgan fingerprint density at radius 1 is 1.38 bits per heavy atom. The van der Waals surface area contributed by atoms with Crippen LogP contribution in [0.4, 0.5) is 0 Å². The number of hydrogen-bond donors (Lipinski definition) is 1. The summed E-state index contributed by atoms with van der Waals surface area (Å²) in [4.78, 5) is 6.35. The minimum absolute atomic E-state index is 0.0697. The monoisotopic (exact) mass is 327 g/mol. The molecule has 2 aromatic heterocycles. The lowest BCUT2D eigenvalue weighted by Crippen LogP contribution is -2.34. The van der Waals surface area contributed by atoms with E-state index < -0.39 is 10.0 Å². The fourth-order valence-corrected chi connectivity index (χ4v) is 5.55. The van der Waals surface area contributed by atoms with Crippen LogP contribution in [0.3, 0.4) is 0 Å². The van der Waals surface area contributed by atoms with E-state index in [0.29, 0.717) is 10.7 Å². The Balaban J connectivity index is 2.09. The highest BCUT2D eigenvalue weighted by molar-refractivity contribution is 7.89. The quantitative estimate of drug-likeness (QED) is 0.939. The fourth-order valence-electron chi connectivity index (χ4n) is 2.92. The number of sulfonamides is 1. The summed E-state index contributed by atoms with van der Waals surface area (Å²) in [5, 5.41) is 0.323. The lowest BCUT2D eigenvalue weighted by atomic mass is 10.2. The van der Waals surface area contributed by atoms with Crippen molar-refractivity contribution in [3.05, 3.63) is 16.8 Å². The summed E-state index contributed by atoms with van der Waals surface area (Å²) in [5.74, 6) is 0.0764. The summed E-state index contributed by atoms with van der Waals surface area (Å²) in [6.45, 7) is 5.93. The van der Waals surface area contributed by atoms with Crippen LogP contribution >= 0.6 is 11.3 Å². The molecule has 5 nitrogen and oxygen atoms in total. The molecule has 2 aromatic rings. The molecule has 0 bridgehead atoms. The van der Waals surface area contributed by atoms with Crippen LogP contribution in [0.25, 0.3) is 4.96 Å². The Labute approximate surface area is 129 Å². The van der Waals surface area contributed by atoms with Gasteiger partial charge in [0, 0.05) is 17.1 Å². The number of hydrogen-bond acceptors (Lipinski definition) is 4. The zero-order valence-electron chi connectivity index (χ0n) is 12.6. The predicted octanol–water partition coefficient (Wildman–Crippen LogP) is 3.05. The number of fused-ring (bicyclic) bond motifs is 1. The van der Waals surface area contributed by atoms with Crippen molar-refractivity contribution in [1.82, 2.24) is 14.1 Å². The molecule has 21 heavy (non-hydrogen) atoms. The van der Waals surface area contributed by atoms with Gasteiger partial charge in [0.05, 0.1) is 5.69 Å². The molecule has 0 aromatic carbocycles. The van der Waals surface area contributed by atoms with Gasteiger partial charge in [0.25, 0.3) is 10.0 Å². The molecule has 0 atom stereocenters. The van der Waals surface area contributed by atoms with Gasteiger partial charge in [0.1, 0.15) is 0 Å². The first-order valence-electron chi connectivity index (χ1n) is 7.39. The van der Waals surface area contributed by atoms with Crippen molar-refractivity contribution in [3.8, 4) is 0 Å². The van der Waals surface area contributed by atoms with Gasteiger partial charge in [-0.1, -0.05) is 26.7 Å². The average molecular weight is 327 g/mol. The summed E-state index contributed by atoms with van der Waals surface area (Å²) in [6, 6.07) is 0.0697. The molecule has 1 saturated carbocycles. The van der Waals surface area contributed by atoms with E-state index in [4.69, 9.17) is 0 Å². The lowest BCUT2D eigenvalue weighted by Gasteiger charge is -2.14. The topological polar surface area (TPSA) is 63.5 Å². The van der Waals surface area contributed by atoms with Gasteiger partial charge in [0.15, 0.2) is 9.99 Å². The Bertz CT molecular complexity index is 753. The van der Waals surface area contributed by atoms with Crippen molar-refractivity contribution >= 4 is 26.3 Å². The molecular formula is C14H21N3O2S2. The average Bonchev–Trinajstić information content (AvgIpc) is 3.02. The van der Waals surface area contributed by atoms with Crippen LogP contribution in [0.2, 0.25) is 0 Å².